The topological polar surface area (TPSA) is 68.1 Å². The van der Waals surface area contributed by atoms with Gasteiger partial charge < -0.3 is 0 Å². The second-order valence-corrected chi connectivity index (χ2v) is 5.17. The van der Waals surface area contributed by atoms with E-state index in [1.807, 2.05) is 0 Å². The van der Waals surface area contributed by atoms with Gasteiger partial charge in [0.1, 0.15) is 12.7 Å². The monoisotopic (exact) mass is 244 g/mol. The predicted molar refractivity (Wildman–Crippen MR) is 60.6 cm³/mol. The van der Waals surface area contributed by atoms with Gasteiger partial charge in [-0.3, -0.25) is 9.59 Å². The van der Waals surface area contributed by atoms with Gasteiger partial charge in [-0.1, -0.05) is 12.2 Å². The molecule has 2 amide bonds. The van der Waals surface area contributed by atoms with Crippen molar-refractivity contribution in [2.75, 3.05) is 5.01 Å². The Bertz CT molecular complexity index is 518. The van der Waals surface area contributed by atoms with Crippen molar-refractivity contribution in [1.82, 2.24) is 14.9 Å². The van der Waals surface area contributed by atoms with Crippen molar-refractivity contribution in [1.29, 1.82) is 0 Å². The minimum absolute atomic E-state index is 0.108. The second kappa shape index (κ2) is 3.28. The zero-order valence-electron chi connectivity index (χ0n) is 9.64. The molecule has 3 aliphatic carbocycles. The van der Waals surface area contributed by atoms with Crippen LogP contribution in [-0.2, 0) is 9.59 Å². The van der Waals surface area contributed by atoms with Crippen molar-refractivity contribution >= 4 is 11.8 Å². The van der Waals surface area contributed by atoms with E-state index in [1.165, 1.54) is 22.3 Å². The maximum absolute atomic E-state index is 12.4. The second-order valence-electron chi connectivity index (χ2n) is 5.17. The number of hydrogen-bond donors (Lipinski definition) is 0. The van der Waals surface area contributed by atoms with Gasteiger partial charge >= 0.3 is 0 Å². The summed E-state index contributed by atoms with van der Waals surface area (Å²) in [4.78, 5) is 24.9. The highest BCUT2D eigenvalue weighted by molar-refractivity contribution is 6.17. The first kappa shape index (κ1) is 9.99. The Balaban J connectivity index is 1.79. The molecule has 2 heterocycles. The largest absolute Gasteiger partial charge is 0.272 e. The van der Waals surface area contributed by atoms with Gasteiger partial charge in [-0.15, -0.1) is 10.2 Å². The van der Waals surface area contributed by atoms with E-state index in [-0.39, 0.29) is 35.5 Å². The molecule has 1 aromatic rings. The molecule has 1 saturated heterocycles. The van der Waals surface area contributed by atoms with Gasteiger partial charge in [0.25, 0.3) is 11.8 Å². The fourth-order valence-corrected chi connectivity index (χ4v) is 3.58. The number of rotatable bonds is 1. The van der Waals surface area contributed by atoms with Crippen molar-refractivity contribution in [3.05, 3.63) is 24.8 Å². The number of hydrogen-bond acceptors (Lipinski definition) is 4. The van der Waals surface area contributed by atoms with Crippen molar-refractivity contribution in [3.8, 4) is 0 Å². The zero-order chi connectivity index (χ0) is 12.3. The van der Waals surface area contributed by atoms with Crippen LogP contribution in [0.1, 0.15) is 12.8 Å². The summed E-state index contributed by atoms with van der Waals surface area (Å²) in [7, 11) is 0. The van der Waals surface area contributed by atoms with E-state index in [0.29, 0.717) is 0 Å². The minimum Gasteiger partial charge on any atom is -0.272 e. The Labute approximate surface area is 103 Å². The molecule has 2 fully saturated rings. The van der Waals surface area contributed by atoms with Crippen LogP contribution in [0.2, 0.25) is 0 Å². The van der Waals surface area contributed by atoms with E-state index < -0.39 is 0 Å². The summed E-state index contributed by atoms with van der Waals surface area (Å²) in [5, 5.41) is 8.52. The molecule has 0 spiro atoms. The number of aromatic nitrogens is 3. The fourth-order valence-electron chi connectivity index (χ4n) is 3.58. The number of carbonyl (C=O) groups is 2. The summed E-state index contributed by atoms with van der Waals surface area (Å²) in [5.74, 6) is -0.129. The van der Waals surface area contributed by atoms with Gasteiger partial charge in [0.05, 0.1) is 11.8 Å². The number of carbonyl (C=O) groups excluding carboxylic acids is 2. The molecule has 0 radical (unpaired) electrons. The zero-order valence-corrected chi connectivity index (χ0v) is 9.64. The molecule has 1 aliphatic heterocycles. The molecule has 4 atom stereocenters. The molecule has 1 aromatic heterocycles. The standard InChI is InChI=1S/C12H12N4O2/c17-11-9-7-1-2-8(4-3-7)10(9)12(18)16(11)15-5-13-14-6-15/h1-2,5-10H,3-4H2/t7-,8+,9-,10-/m0/s1. The van der Waals surface area contributed by atoms with Gasteiger partial charge in [-0.25, -0.2) is 4.68 Å². The third-order valence-electron chi connectivity index (χ3n) is 4.37. The minimum atomic E-state index is -0.177. The van der Waals surface area contributed by atoms with E-state index in [2.05, 4.69) is 22.3 Å². The molecular formula is C12H12N4O2. The Kier molecular flexibility index (Phi) is 1.82. The molecule has 0 unspecified atom stereocenters. The SMILES string of the molecule is O=C1[C@@H]2[C@@H](C(=O)N1n1cnnc1)[C@H]1C=C[C@@H]2CC1. The van der Waals surface area contributed by atoms with Gasteiger partial charge in [0.15, 0.2) is 0 Å². The van der Waals surface area contributed by atoms with Crippen LogP contribution < -0.4 is 5.01 Å². The van der Waals surface area contributed by atoms with Crippen LogP contribution >= 0.6 is 0 Å². The van der Waals surface area contributed by atoms with Crippen LogP contribution in [0.15, 0.2) is 24.8 Å². The average molecular weight is 244 g/mol. The van der Waals surface area contributed by atoms with Crippen molar-refractivity contribution in [2.24, 2.45) is 23.7 Å². The molecule has 0 aromatic carbocycles. The molecule has 4 aliphatic rings. The number of amides is 2. The van der Waals surface area contributed by atoms with E-state index in [4.69, 9.17) is 0 Å². The van der Waals surface area contributed by atoms with Crippen molar-refractivity contribution < 1.29 is 9.59 Å². The molecular weight excluding hydrogens is 232 g/mol. The number of fused-ring (bicyclic) bond motifs is 1. The first-order valence-electron chi connectivity index (χ1n) is 6.18. The van der Waals surface area contributed by atoms with Crippen LogP contribution in [0.25, 0.3) is 0 Å². The Morgan fingerprint density at radius 2 is 1.44 bits per heavy atom. The summed E-state index contributed by atoms with van der Waals surface area (Å²) in [5.41, 5.74) is 0. The summed E-state index contributed by atoms with van der Waals surface area (Å²) in [6.07, 6.45) is 9.02. The first-order chi connectivity index (χ1) is 8.77. The third-order valence-corrected chi connectivity index (χ3v) is 4.37. The maximum atomic E-state index is 12.4. The summed E-state index contributed by atoms with van der Waals surface area (Å²) < 4.78 is 1.39. The highest BCUT2D eigenvalue weighted by atomic mass is 16.2. The van der Waals surface area contributed by atoms with Gasteiger partial charge in [-0.05, 0) is 24.7 Å². The Morgan fingerprint density at radius 1 is 0.944 bits per heavy atom. The molecule has 18 heavy (non-hydrogen) atoms. The summed E-state index contributed by atoms with van der Waals surface area (Å²) in [6, 6.07) is 0. The van der Waals surface area contributed by atoms with Crippen LogP contribution in [-0.4, -0.2) is 26.7 Å². The summed E-state index contributed by atoms with van der Waals surface area (Å²) in [6.45, 7) is 0. The number of imide groups is 1. The van der Waals surface area contributed by atoms with E-state index in [9.17, 15) is 9.59 Å². The average Bonchev–Trinajstić information content (AvgIpc) is 3.00. The molecule has 6 heteroatoms. The van der Waals surface area contributed by atoms with Crippen LogP contribution in [0, 0.1) is 23.7 Å². The predicted octanol–water partition coefficient (Wildman–Crippen LogP) is 0.111. The lowest BCUT2D eigenvalue weighted by molar-refractivity contribution is -0.125. The van der Waals surface area contributed by atoms with Crippen LogP contribution in [0.4, 0.5) is 0 Å². The summed E-state index contributed by atoms with van der Waals surface area (Å²) >= 11 is 0. The van der Waals surface area contributed by atoms with Crippen molar-refractivity contribution in [2.45, 2.75) is 12.8 Å². The first-order valence-corrected chi connectivity index (χ1v) is 6.18. The highest BCUT2D eigenvalue weighted by Gasteiger charge is 2.57. The van der Waals surface area contributed by atoms with E-state index >= 15 is 0 Å². The molecule has 5 rings (SSSR count). The molecule has 6 nitrogen and oxygen atoms in total. The van der Waals surface area contributed by atoms with Crippen LogP contribution in [0.3, 0.4) is 0 Å². The van der Waals surface area contributed by atoms with E-state index in [1.54, 1.807) is 0 Å². The van der Waals surface area contributed by atoms with Crippen molar-refractivity contribution in [3.63, 3.8) is 0 Å². The maximum Gasteiger partial charge on any atom is 0.253 e. The van der Waals surface area contributed by atoms with Crippen LogP contribution in [0.5, 0.6) is 0 Å². The molecule has 1 saturated carbocycles. The van der Waals surface area contributed by atoms with Gasteiger partial charge in [-0.2, -0.15) is 5.01 Å². The quantitative estimate of drug-likeness (QED) is 0.519. The lowest BCUT2D eigenvalue weighted by Crippen LogP contribution is -2.40. The Morgan fingerprint density at radius 3 is 1.89 bits per heavy atom. The lowest BCUT2D eigenvalue weighted by Gasteiger charge is -2.37. The third kappa shape index (κ3) is 1.07. The van der Waals surface area contributed by atoms with Gasteiger partial charge in [0.2, 0.25) is 0 Å². The number of allylic oxidation sites excluding steroid dienone is 2. The molecule has 2 bridgehead atoms. The smallest absolute Gasteiger partial charge is 0.253 e. The molecule has 92 valence electrons. The fraction of sp³-hybridized carbons (Fsp3) is 0.500. The molecule has 0 N–H and O–H groups in total. The number of nitrogens with zero attached hydrogens (tertiary/aromatic N) is 4. The van der Waals surface area contributed by atoms with E-state index in [0.717, 1.165) is 12.8 Å². The lowest BCUT2D eigenvalue weighted by atomic mass is 9.63. The normalized spacial score (nSPS) is 37.4. The van der Waals surface area contributed by atoms with Gasteiger partial charge in [0, 0.05) is 0 Å². The Hall–Kier alpha value is -1.98. The highest BCUT2D eigenvalue weighted by Crippen LogP contribution is 2.48.